The standard InChI is InChI=1S/C14H20ClN3S/c1-2-18(11-4-5-11)8-7-17-13-9-10(15)3-6-12(13)14(16)19/h3,6,9,11,17H,2,4-5,7-8H2,1H3,(H2,16,19). The van der Waals surface area contributed by atoms with E-state index < -0.39 is 0 Å². The van der Waals surface area contributed by atoms with E-state index in [0.29, 0.717) is 10.0 Å². The summed E-state index contributed by atoms with van der Waals surface area (Å²) in [6.07, 6.45) is 2.67. The second-order valence-electron chi connectivity index (χ2n) is 4.84. The molecule has 19 heavy (non-hydrogen) atoms. The van der Waals surface area contributed by atoms with Gasteiger partial charge in [0.2, 0.25) is 0 Å². The topological polar surface area (TPSA) is 41.3 Å². The number of nitrogens with two attached hydrogens (primary N) is 1. The minimum Gasteiger partial charge on any atom is -0.389 e. The Morgan fingerprint density at radius 3 is 2.84 bits per heavy atom. The molecule has 5 heteroatoms. The smallest absolute Gasteiger partial charge is 0.106 e. The van der Waals surface area contributed by atoms with Gasteiger partial charge in [0.25, 0.3) is 0 Å². The van der Waals surface area contributed by atoms with Crippen LogP contribution in [0.2, 0.25) is 5.02 Å². The molecule has 0 atom stereocenters. The fraction of sp³-hybridized carbons (Fsp3) is 0.500. The summed E-state index contributed by atoms with van der Waals surface area (Å²) in [5.41, 5.74) is 7.50. The van der Waals surface area contributed by atoms with Crippen molar-refractivity contribution in [3.8, 4) is 0 Å². The lowest BCUT2D eigenvalue weighted by Gasteiger charge is -2.20. The first-order valence-electron chi connectivity index (χ1n) is 6.69. The lowest BCUT2D eigenvalue weighted by Crippen LogP contribution is -2.31. The number of nitrogens with one attached hydrogen (secondary N) is 1. The maximum atomic E-state index is 6.02. The normalized spacial score (nSPS) is 14.7. The van der Waals surface area contributed by atoms with Crippen LogP contribution in [0.3, 0.4) is 0 Å². The van der Waals surface area contributed by atoms with E-state index in [1.54, 1.807) is 0 Å². The summed E-state index contributed by atoms with van der Waals surface area (Å²) in [7, 11) is 0. The first kappa shape index (κ1) is 14.6. The van der Waals surface area contributed by atoms with Crippen LogP contribution in [-0.2, 0) is 0 Å². The molecule has 1 fully saturated rings. The molecule has 1 aliphatic carbocycles. The monoisotopic (exact) mass is 297 g/mol. The van der Waals surface area contributed by atoms with E-state index in [-0.39, 0.29) is 0 Å². The van der Waals surface area contributed by atoms with Gasteiger partial charge in [-0.2, -0.15) is 0 Å². The summed E-state index contributed by atoms with van der Waals surface area (Å²) in [6.45, 7) is 5.22. The average Bonchev–Trinajstić information content (AvgIpc) is 3.18. The number of halogens is 1. The summed E-state index contributed by atoms with van der Waals surface area (Å²) in [5.74, 6) is 0. The van der Waals surface area contributed by atoms with E-state index >= 15 is 0 Å². The third-order valence-electron chi connectivity index (χ3n) is 3.43. The zero-order chi connectivity index (χ0) is 13.8. The molecule has 0 heterocycles. The van der Waals surface area contributed by atoms with Crippen LogP contribution in [0.25, 0.3) is 0 Å². The Balaban J connectivity index is 1.94. The number of rotatable bonds is 7. The lowest BCUT2D eigenvalue weighted by atomic mass is 10.2. The summed E-state index contributed by atoms with van der Waals surface area (Å²) in [5, 5.41) is 4.08. The van der Waals surface area contributed by atoms with Gasteiger partial charge < -0.3 is 11.1 Å². The summed E-state index contributed by atoms with van der Waals surface area (Å²) in [6, 6.07) is 6.35. The molecule has 0 saturated heterocycles. The highest BCUT2D eigenvalue weighted by Gasteiger charge is 2.27. The Bertz CT molecular complexity index is 460. The molecule has 0 aliphatic heterocycles. The third kappa shape index (κ3) is 4.06. The van der Waals surface area contributed by atoms with Crippen molar-refractivity contribution in [1.82, 2.24) is 4.90 Å². The fourth-order valence-corrected chi connectivity index (χ4v) is 2.60. The highest BCUT2D eigenvalue weighted by molar-refractivity contribution is 7.80. The van der Waals surface area contributed by atoms with Crippen molar-refractivity contribution in [1.29, 1.82) is 0 Å². The van der Waals surface area contributed by atoms with Gasteiger partial charge in [-0.1, -0.05) is 30.7 Å². The van der Waals surface area contributed by atoms with Gasteiger partial charge in [-0.15, -0.1) is 0 Å². The molecule has 1 aromatic rings. The molecule has 3 N–H and O–H groups in total. The van der Waals surface area contributed by atoms with Crippen LogP contribution in [0.1, 0.15) is 25.3 Å². The molecule has 1 aliphatic rings. The van der Waals surface area contributed by atoms with Gasteiger partial charge in [0.15, 0.2) is 0 Å². The van der Waals surface area contributed by atoms with Crippen molar-refractivity contribution in [3.63, 3.8) is 0 Å². The van der Waals surface area contributed by atoms with E-state index in [0.717, 1.165) is 36.9 Å². The van der Waals surface area contributed by atoms with E-state index in [9.17, 15) is 0 Å². The molecule has 0 unspecified atom stereocenters. The van der Waals surface area contributed by atoms with E-state index in [1.165, 1.54) is 12.8 Å². The Labute approximate surface area is 125 Å². The number of anilines is 1. The molecule has 0 bridgehead atoms. The fourth-order valence-electron chi connectivity index (χ4n) is 2.25. The summed E-state index contributed by atoms with van der Waals surface area (Å²) in [4.78, 5) is 2.89. The predicted octanol–water partition coefficient (Wildman–Crippen LogP) is 2.87. The molecule has 0 amide bonds. The van der Waals surface area contributed by atoms with Crippen LogP contribution >= 0.6 is 23.8 Å². The predicted molar refractivity (Wildman–Crippen MR) is 86.1 cm³/mol. The zero-order valence-corrected chi connectivity index (χ0v) is 12.7. The summed E-state index contributed by atoms with van der Waals surface area (Å²) >= 11 is 11.1. The van der Waals surface area contributed by atoms with Crippen LogP contribution < -0.4 is 11.1 Å². The molecule has 0 aromatic heterocycles. The average molecular weight is 298 g/mol. The molecular formula is C14H20ClN3S. The Hall–Kier alpha value is -0.840. The lowest BCUT2D eigenvalue weighted by molar-refractivity contribution is 0.289. The van der Waals surface area contributed by atoms with Gasteiger partial charge >= 0.3 is 0 Å². The van der Waals surface area contributed by atoms with Gasteiger partial charge in [-0.05, 0) is 37.6 Å². The van der Waals surface area contributed by atoms with Crippen LogP contribution in [0, 0.1) is 0 Å². The van der Waals surface area contributed by atoms with Gasteiger partial charge in [0.1, 0.15) is 4.99 Å². The highest BCUT2D eigenvalue weighted by Crippen LogP contribution is 2.26. The maximum absolute atomic E-state index is 6.02. The van der Waals surface area contributed by atoms with Gasteiger partial charge in [0, 0.05) is 35.4 Å². The molecule has 0 spiro atoms. The Morgan fingerprint density at radius 1 is 1.53 bits per heavy atom. The molecule has 2 rings (SSSR count). The number of benzene rings is 1. The van der Waals surface area contributed by atoms with E-state index in [4.69, 9.17) is 29.6 Å². The third-order valence-corrected chi connectivity index (χ3v) is 3.89. The van der Waals surface area contributed by atoms with Gasteiger partial charge in [-0.25, -0.2) is 0 Å². The second-order valence-corrected chi connectivity index (χ2v) is 5.72. The molecule has 1 aromatic carbocycles. The Morgan fingerprint density at radius 2 is 2.26 bits per heavy atom. The maximum Gasteiger partial charge on any atom is 0.106 e. The molecule has 104 valence electrons. The van der Waals surface area contributed by atoms with Gasteiger partial charge in [-0.3, -0.25) is 4.90 Å². The van der Waals surface area contributed by atoms with Crippen molar-refractivity contribution < 1.29 is 0 Å². The van der Waals surface area contributed by atoms with Gasteiger partial charge in [0.05, 0.1) is 0 Å². The SMILES string of the molecule is CCN(CCNc1cc(Cl)ccc1C(N)=S)C1CC1. The molecule has 1 saturated carbocycles. The van der Waals surface area contributed by atoms with Crippen molar-refractivity contribution in [2.75, 3.05) is 25.0 Å². The second kappa shape index (κ2) is 6.55. The molecular weight excluding hydrogens is 278 g/mol. The zero-order valence-electron chi connectivity index (χ0n) is 11.2. The van der Waals surface area contributed by atoms with Crippen molar-refractivity contribution in [2.24, 2.45) is 5.73 Å². The number of nitrogens with zero attached hydrogens (tertiary/aromatic N) is 1. The van der Waals surface area contributed by atoms with E-state index in [1.807, 2.05) is 18.2 Å². The van der Waals surface area contributed by atoms with Crippen LogP contribution in [0.5, 0.6) is 0 Å². The first-order valence-corrected chi connectivity index (χ1v) is 7.47. The van der Waals surface area contributed by atoms with Crippen molar-refractivity contribution in [3.05, 3.63) is 28.8 Å². The molecule has 0 radical (unpaired) electrons. The number of hydrogen-bond acceptors (Lipinski definition) is 3. The van der Waals surface area contributed by atoms with E-state index in [2.05, 4.69) is 17.1 Å². The van der Waals surface area contributed by atoms with Crippen LogP contribution in [-0.4, -0.2) is 35.6 Å². The minimum absolute atomic E-state index is 0.397. The Kier molecular flexibility index (Phi) is 5.02. The summed E-state index contributed by atoms with van der Waals surface area (Å²) < 4.78 is 0. The van der Waals surface area contributed by atoms with Crippen molar-refractivity contribution in [2.45, 2.75) is 25.8 Å². The first-order chi connectivity index (χ1) is 9.11. The number of thiocarbonyl (C=S) groups is 1. The van der Waals surface area contributed by atoms with Crippen molar-refractivity contribution >= 4 is 34.5 Å². The number of likely N-dealkylation sites (N-methyl/N-ethyl adjacent to an activating group) is 1. The number of hydrogen-bond donors (Lipinski definition) is 2. The largest absolute Gasteiger partial charge is 0.389 e. The van der Waals surface area contributed by atoms with Crippen LogP contribution in [0.4, 0.5) is 5.69 Å². The van der Waals surface area contributed by atoms with Crippen LogP contribution in [0.15, 0.2) is 18.2 Å². The molecule has 3 nitrogen and oxygen atoms in total. The minimum atomic E-state index is 0.397. The highest BCUT2D eigenvalue weighted by atomic mass is 35.5. The quantitative estimate of drug-likeness (QED) is 0.760.